The zero-order valence-corrected chi connectivity index (χ0v) is 12.7. The summed E-state index contributed by atoms with van der Waals surface area (Å²) in [6.45, 7) is 9.55. The molecular weight excluding hydrogens is 250 g/mol. The van der Waals surface area contributed by atoms with E-state index in [2.05, 4.69) is 48.1 Å². The summed E-state index contributed by atoms with van der Waals surface area (Å²) in [6, 6.07) is 2.03. The summed E-state index contributed by atoms with van der Waals surface area (Å²) >= 11 is 0. The molecule has 0 aliphatic heterocycles. The van der Waals surface area contributed by atoms with E-state index in [0.29, 0.717) is 17.7 Å². The van der Waals surface area contributed by atoms with E-state index in [1.165, 1.54) is 5.56 Å². The van der Waals surface area contributed by atoms with Crippen molar-refractivity contribution in [3.8, 4) is 11.4 Å². The number of aromatic nitrogens is 5. The van der Waals surface area contributed by atoms with Crippen molar-refractivity contribution in [3.63, 3.8) is 0 Å². The van der Waals surface area contributed by atoms with Crippen molar-refractivity contribution in [3.05, 3.63) is 24.0 Å². The van der Waals surface area contributed by atoms with Crippen LogP contribution in [0, 0.1) is 5.92 Å². The van der Waals surface area contributed by atoms with Gasteiger partial charge in [0.05, 0.1) is 6.54 Å². The van der Waals surface area contributed by atoms with Crippen molar-refractivity contribution in [2.75, 3.05) is 0 Å². The standard InChI is InChI=1S/C15H23N5/c1-5-12(6-2)10-20-18-15(17-19-20)14-9-16-8-7-13(14)11(3)4/h7-9,11-12H,5-6,10H2,1-4H3. The molecule has 0 N–H and O–H groups in total. The van der Waals surface area contributed by atoms with E-state index in [1.54, 1.807) is 4.80 Å². The van der Waals surface area contributed by atoms with Gasteiger partial charge in [0, 0.05) is 18.0 Å². The first kappa shape index (κ1) is 14.6. The van der Waals surface area contributed by atoms with Crippen LogP contribution in [-0.2, 0) is 6.54 Å². The predicted octanol–water partition coefficient (Wildman–Crippen LogP) is 3.29. The monoisotopic (exact) mass is 273 g/mol. The summed E-state index contributed by atoms with van der Waals surface area (Å²) < 4.78 is 0. The first-order valence-corrected chi connectivity index (χ1v) is 7.37. The fourth-order valence-corrected chi connectivity index (χ4v) is 2.30. The topological polar surface area (TPSA) is 56.5 Å². The minimum atomic E-state index is 0.416. The molecule has 0 unspecified atom stereocenters. The van der Waals surface area contributed by atoms with Crippen LogP contribution in [-0.4, -0.2) is 25.2 Å². The molecule has 5 heteroatoms. The lowest BCUT2D eigenvalue weighted by Crippen LogP contribution is -2.12. The van der Waals surface area contributed by atoms with Gasteiger partial charge in [-0.1, -0.05) is 40.5 Å². The molecule has 0 saturated carbocycles. The van der Waals surface area contributed by atoms with Crippen LogP contribution < -0.4 is 0 Å². The number of rotatable bonds is 6. The van der Waals surface area contributed by atoms with Gasteiger partial charge in [-0.15, -0.1) is 10.2 Å². The first-order valence-electron chi connectivity index (χ1n) is 7.37. The summed E-state index contributed by atoms with van der Waals surface area (Å²) in [5, 5.41) is 12.9. The molecule has 0 atom stereocenters. The average Bonchev–Trinajstić information content (AvgIpc) is 2.93. The zero-order chi connectivity index (χ0) is 14.5. The molecule has 0 saturated heterocycles. The molecule has 0 aliphatic rings. The molecule has 0 fully saturated rings. The van der Waals surface area contributed by atoms with Gasteiger partial charge in [0.1, 0.15) is 0 Å². The highest BCUT2D eigenvalue weighted by molar-refractivity contribution is 5.58. The van der Waals surface area contributed by atoms with Crippen LogP contribution in [0.1, 0.15) is 52.0 Å². The second-order valence-electron chi connectivity index (χ2n) is 5.47. The number of tetrazole rings is 1. The average molecular weight is 273 g/mol. The molecule has 2 rings (SSSR count). The van der Waals surface area contributed by atoms with Crippen LogP contribution in [0.15, 0.2) is 18.5 Å². The van der Waals surface area contributed by atoms with Gasteiger partial charge in [0.25, 0.3) is 0 Å². The SMILES string of the molecule is CCC(CC)Cn1nnc(-c2cnccc2C(C)C)n1. The van der Waals surface area contributed by atoms with Gasteiger partial charge in [-0.2, -0.15) is 4.80 Å². The highest BCUT2D eigenvalue weighted by Crippen LogP contribution is 2.25. The summed E-state index contributed by atoms with van der Waals surface area (Å²) in [5.41, 5.74) is 2.19. The van der Waals surface area contributed by atoms with E-state index >= 15 is 0 Å². The van der Waals surface area contributed by atoms with Gasteiger partial charge in [-0.25, -0.2) is 0 Å². The molecule has 0 aromatic carbocycles. The Balaban J connectivity index is 2.25. The van der Waals surface area contributed by atoms with Crippen LogP contribution in [0.3, 0.4) is 0 Å². The fraction of sp³-hybridized carbons (Fsp3) is 0.600. The molecule has 0 radical (unpaired) electrons. The summed E-state index contributed by atoms with van der Waals surface area (Å²) in [4.78, 5) is 5.90. The third-order valence-corrected chi connectivity index (χ3v) is 3.75. The third kappa shape index (κ3) is 3.21. The Hall–Kier alpha value is -1.78. The fourth-order valence-electron chi connectivity index (χ4n) is 2.30. The molecule has 108 valence electrons. The molecule has 0 spiro atoms. The molecule has 2 aromatic rings. The molecule has 20 heavy (non-hydrogen) atoms. The summed E-state index contributed by atoms with van der Waals surface area (Å²) in [6.07, 6.45) is 5.91. The maximum absolute atomic E-state index is 4.51. The van der Waals surface area contributed by atoms with E-state index in [4.69, 9.17) is 0 Å². The summed E-state index contributed by atoms with van der Waals surface area (Å²) in [7, 11) is 0. The molecular formula is C15H23N5. The van der Waals surface area contributed by atoms with Crippen molar-refractivity contribution in [2.24, 2.45) is 5.92 Å². The van der Waals surface area contributed by atoms with Crippen molar-refractivity contribution in [2.45, 2.75) is 53.0 Å². The van der Waals surface area contributed by atoms with Crippen molar-refractivity contribution >= 4 is 0 Å². The molecule has 5 nitrogen and oxygen atoms in total. The van der Waals surface area contributed by atoms with Crippen molar-refractivity contribution in [1.82, 2.24) is 25.2 Å². The maximum Gasteiger partial charge on any atom is 0.206 e. The van der Waals surface area contributed by atoms with Crippen LogP contribution in [0.2, 0.25) is 0 Å². The van der Waals surface area contributed by atoms with Crippen LogP contribution >= 0.6 is 0 Å². The molecule has 2 aromatic heterocycles. The Bertz CT molecular complexity index is 543. The zero-order valence-electron chi connectivity index (χ0n) is 12.7. The third-order valence-electron chi connectivity index (χ3n) is 3.75. The molecule has 0 aliphatic carbocycles. The van der Waals surface area contributed by atoms with Crippen molar-refractivity contribution < 1.29 is 0 Å². The molecule has 0 bridgehead atoms. The van der Waals surface area contributed by atoms with E-state index in [9.17, 15) is 0 Å². The largest absolute Gasteiger partial charge is 0.264 e. The number of nitrogens with zero attached hydrogens (tertiary/aromatic N) is 5. The van der Waals surface area contributed by atoms with E-state index in [0.717, 1.165) is 24.9 Å². The van der Waals surface area contributed by atoms with E-state index in [1.807, 2.05) is 18.5 Å². The number of hydrogen-bond donors (Lipinski definition) is 0. The van der Waals surface area contributed by atoms with Gasteiger partial charge in [0.15, 0.2) is 0 Å². The number of pyridine rings is 1. The Morgan fingerprint density at radius 3 is 2.60 bits per heavy atom. The quantitative estimate of drug-likeness (QED) is 0.810. The minimum absolute atomic E-state index is 0.416. The lowest BCUT2D eigenvalue weighted by atomic mass is 9.99. The van der Waals surface area contributed by atoms with Gasteiger partial charge < -0.3 is 0 Å². The van der Waals surface area contributed by atoms with Gasteiger partial charge in [-0.3, -0.25) is 4.98 Å². The Kier molecular flexibility index (Phi) is 4.82. The maximum atomic E-state index is 4.51. The Morgan fingerprint density at radius 2 is 1.95 bits per heavy atom. The predicted molar refractivity (Wildman–Crippen MR) is 79.2 cm³/mol. The Labute approximate surface area is 120 Å². The van der Waals surface area contributed by atoms with Gasteiger partial charge in [0.2, 0.25) is 5.82 Å². The normalized spacial score (nSPS) is 11.5. The van der Waals surface area contributed by atoms with Crippen molar-refractivity contribution in [1.29, 1.82) is 0 Å². The molecule has 0 amide bonds. The van der Waals surface area contributed by atoms with E-state index in [-0.39, 0.29) is 0 Å². The van der Waals surface area contributed by atoms with Gasteiger partial charge >= 0.3 is 0 Å². The van der Waals surface area contributed by atoms with Gasteiger partial charge in [-0.05, 0) is 28.7 Å². The minimum Gasteiger partial charge on any atom is -0.264 e. The number of hydrogen-bond acceptors (Lipinski definition) is 4. The lowest BCUT2D eigenvalue weighted by Gasteiger charge is -2.10. The van der Waals surface area contributed by atoms with Crippen LogP contribution in [0.25, 0.3) is 11.4 Å². The lowest BCUT2D eigenvalue weighted by molar-refractivity contribution is 0.363. The van der Waals surface area contributed by atoms with Crippen LogP contribution in [0.4, 0.5) is 0 Å². The molecule has 2 heterocycles. The second kappa shape index (κ2) is 6.59. The second-order valence-corrected chi connectivity index (χ2v) is 5.47. The first-order chi connectivity index (χ1) is 9.65. The Morgan fingerprint density at radius 1 is 1.20 bits per heavy atom. The van der Waals surface area contributed by atoms with Crippen LogP contribution in [0.5, 0.6) is 0 Å². The highest BCUT2D eigenvalue weighted by atomic mass is 15.6. The smallest absolute Gasteiger partial charge is 0.206 e. The van der Waals surface area contributed by atoms with E-state index < -0.39 is 0 Å². The highest BCUT2D eigenvalue weighted by Gasteiger charge is 2.14. The summed E-state index contributed by atoms with van der Waals surface area (Å²) in [5.74, 6) is 1.70.